The third-order valence-corrected chi connectivity index (χ3v) is 3.82. The minimum absolute atomic E-state index is 0.0203. The Morgan fingerprint density at radius 1 is 1.33 bits per heavy atom. The number of hydrogen-bond acceptors (Lipinski definition) is 4. The Kier molecular flexibility index (Phi) is 3.78. The van der Waals surface area contributed by atoms with Gasteiger partial charge in [-0.2, -0.15) is 0 Å². The second-order valence-electron chi connectivity index (χ2n) is 5.92. The van der Waals surface area contributed by atoms with Gasteiger partial charge in [-0.3, -0.25) is 14.1 Å². The first-order chi connectivity index (χ1) is 10.0. The van der Waals surface area contributed by atoms with Gasteiger partial charge in [0.25, 0.3) is 5.56 Å². The number of morpholine rings is 1. The molecule has 3 heterocycles. The molecule has 0 N–H and O–H groups in total. The lowest BCUT2D eigenvalue weighted by molar-refractivity contribution is -0.0707. The van der Waals surface area contributed by atoms with Crippen LogP contribution in [0.5, 0.6) is 0 Å². The van der Waals surface area contributed by atoms with Crippen LogP contribution >= 0.6 is 0 Å². The highest BCUT2D eigenvalue weighted by Crippen LogP contribution is 2.13. The highest BCUT2D eigenvalue weighted by Gasteiger charge is 2.22. The van der Waals surface area contributed by atoms with Crippen molar-refractivity contribution in [3.63, 3.8) is 0 Å². The van der Waals surface area contributed by atoms with Crippen LogP contribution in [0.25, 0.3) is 5.65 Å². The van der Waals surface area contributed by atoms with E-state index in [0.29, 0.717) is 6.54 Å². The first-order valence-electron chi connectivity index (χ1n) is 7.38. The molecule has 0 aromatic carbocycles. The molecular weight excluding hydrogens is 266 g/mol. The summed E-state index contributed by atoms with van der Waals surface area (Å²) in [7, 11) is 0. The summed E-state index contributed by atoms with van der Waals surface area (Å²) in [6, 6.07) is 5.48. The van der Waals surface area contributed by atoms with Crippen LogP contribution in [0.1, 0.15) is 25.1 Å². The van der Waals surface area contributed by atoms with Gasteiger partial charge in [0.05, 0.1) is 17.9 Å². The summed E-state index contributed by atoms with van der Waals surface area (Å²) in [5.41, 5.74) is 2.57. The number of rotatable bonds is 2. The van der Waals surface area contributed by atoms with E-state index < -0.39 is 0 Å². The lowest BCUT2D eigenvalue weighted by atomic mass is 10.2. The highest BCUT2D eigenvalue weighted by atomic mass is 16.5. The van der Waals surface area contributed by atoms with Crippen LogP contribution in [0.15, 0.2) is 29.2 Å². The van der Waals surface area contributed by atoms with Crippen molar-refractivity contribution in [2.75, 3.05) is 13.1 Å². The van der Waals surface area contributed by atoms with Gasteiger partial charge in [-0.25, -0.2) is 4.98 Å². The Morgan fingerprint density at radius 2 is 2.05 bits per heavy atom. The molecule has 5 heteroatoms. The van der Waals surface area contributed by atoms with E-state index in [1.165, 1.54) is 0 Å². The van der Waals surface area contributed by atoms with Gasteiger partial charge < -0.3 is 4.74 Å². The van der Waals surface area contributed by atoms with Crippen molar-refractivity contribution in [2.24, 2.45) is 0 Å². The zero-order valence-electron chi connectivity index (χ0n) is 12.7. The summed E-state index contributed by atoms with van der Waals surface area (Å²) in [5, 5.41) is 0. The van der Waals surface area contributed by atoms with E-state index in [4.69, 9.17) is 4.74 Å². The maximum absolute atomic E-state index is 12.2. The average Bonchev–Trinajstić information content (AvgIpc) is 2.39. The van der Waals surface area contributed by atoms with Gasteiger partial charge in [0, 0.05) is 31.9 Å². The smallest absolute Gasteiger partial charge is 0.258 e. The maximum atomic E-state index is 12.2. The van der Waals surface area contributed by atoms with Gasteiger partial charge >= 0.3 is 0 Å². The lowest BCUT2D eigenvalue weighted by Gasteiger charge is -2.35. The Hall–Kier alpha value is -1.72. The minimum atomic E-state index is -0.0203. The summed E-state index contributed by atoms with van der Waals surface area (Å²) >= 11 is 0. The van der Waals surface area contributed by atoms with Crippen molar-refractivity contribution in [1.82, 2.24) is 14.3 Å². The van der Waals surface area contributed by atoms with Crippen LogP contribution in [0.4, 0.5) is 0 Å². The van der Waals surface area contributed by atoms with Gasteiger partial charge in [-0.15, -0.1) is 0 Å². The molecule has 1 aliphatic heterocycles. The molecule has 0 amide bonds. The monoisotopic (exact) mass is 287 g/mol. The summed E-state index contributed by atoms with van der Waals surface area (Å²) in [6.07, 6.45) is 2.20. The van der Waals surface area contributed by atoms with Gasteiger partial charge in [-0.1, -0.05) is 6.07 Å². The number of aromatic nitrogens is 2. The second kappa shape index (κ2) is 5.58. The maximum Gasteiger partial charge on any atom is 0.258 e. The van der Waals surface area contributed by atoms with Gasteiger partial charge in [-0.05, 0) is 32.4 Å². The van der Waals surface area contributed by atoms with Crippen LogP contribution < -0.4 is 5.56 Å². The summed E-state index contributed by atoms with van der Waals surface area (Å²) in [6.45, 7) is 8.58. The van der Waals surface area contributed by atoms with Crippen molar-refractivity contribution in [2.45, 2.75) is 39.5 Å². The number of fused-ring (bicyclic) bond motifs is 1. The van der Waals surface area contributed by atoms with E-state index in [-0.39, 0.29) is 17.8 Å². The average molecular weight is 287 g/mol. The standard InChI is InChI=1S/C16H21N3O2/c1-11-5-4-6-19-15(20)7-14(17-16(11)19)10-18-8-12(2)21-13(3)9-18/h4-7,12-13H,8-10H2,1-3H3/t12-,13+. The fourth-order valence-corrected chi connectivity index (χ4v) is 3.03. The third-order valence-electron chi connectivity index (χ3n) is 3.82. The van der Waals surface area contributed by atoms with E-state index in [2.05, 4.69) is 23.7 Å². The van der Waals surface area contributed by atoms with Gasteiger partial charge in [0.15, 0.2) is 0 Å². The fourth-order valence-electron chi connectivity index (χ4n) is 3.03. The van der Waals surface area contributed by atoms with Crippen molar-refractivity contribution >= 4 is 5.65 Å². The van der Waals surface area contributed by atoms with Crippen molar-refractivity contribution in [1.29, 1.82) is 0 Å². The van der Waals surface area contributed by atoms with E-state index in [1.54, 1.807) is 16.7 Å². The van der Waals surface area contributed by atoms with E-state index in [0.717, 1.165) is 30.0 Å². The van der Waals surface area contributed by atoms with Crippen molar-refractivity contribution < 1.29 is 4.74 Å². The first kappa shape index (κ1) is 14.2. The van der Waals surface area contributed by atoms with Crippen molar-refractivity contribution in [3.05, 3.63) is 46.0 Å². The molecule has 0 radical (unpaired) electrons. The summed E-state index contributed by atoms with van der Waals surface area (Å²) in [4.78, 5) is 19.2. The molecule has 1 fully saturated rings. The number of aryl methyl sites for hydroxylation is 1. The molecule has 2 atom stereocenters. The Morgan fingerprint density at radius 3 is 2.76 bits per heavy atom. The molecular formula is C16H21N3O2. The molecule has 0 aliphatic carbocycles. The first-order valence-corrected chi connectivity index (χ1v) is 7.38. The van der Waals surface area contributed by atoms with E-state index in [1.807, 2.05) is 19.1 Å². The van der Waals surface area contributed by atoms with Crippen molar-refractivity contribution in [3.8, 4) is 0 Å². The largest absolute Gasteiger partial charge is 0.373 e. The number of hydrogen-bond donors (Lipinski definition) is 0. The molecule has 2 aromatic rings. The molecule has 0 saturated carbocycles. The van der Waals surface area contributed by atoms with Crippen LogP contribution in [-0.2, 0) is 11.3 Å². The summed E-state index contributed by atoms with van der Waals surface area (Å²) in [5.74, 6) is 0. The Bertz CT molecular complexity index is 700. The molecule has 0 spiro atoms. The number of pyridine rings is 1. The molecule has 21 heavy (non-hydrogen) atoms. The fraction of sp³-hybridized carbons (Fsp3) is 0.500. The second-order valence-corrected chi connectivity index (χ2v) is 5.92. The molecule has 112 valence electrons. The molecule has 5 nitrogen and oxygen atoms in total. The Balaban J connectivity index is 1.91. The third kappa shape index (κ3) is 2.99. The zero-order valence-corrected chi connectivity index (χ0v) is 12.7. The highest BCUT2D eigenvalue weighted by molar-refractivity contribution is 5.46. The molecule has 2 aromatic heterocycles. The summed E-state index contributed by atoms with van der Waals surface area (Å²) < 4.78 is 7.34. The molecule has 1 aliphatic rings. The van der Waals surface area contributed by atoms with Crippen LogP contribution in [0.2, 0.25) is 0 Å². The Labute approximate surface area is 124 Å². The SMILES string of the molecule is Cc1cccn2c(=O)cc(CN3C[C@@H](C)O[C@@H](C)C3)nc12. The molecule has 0 bridgehead atoms. The number of nitrogens with zero attached hydrogens (tertiary/aromatic N) is 3. The minimum Gasteiger partial charge on any atom is -0.373 e. The van der Waals surface area contributed by atoms with Gasteiger partial charge in [0.1, 0.15) is 5.65 Å². The van der Waals surface area contributed by atoms with Crippen LogP contribution in [0, 0.1) is 6.92 Å². The molecule has 1 saturated heterocycles. The van der Waals surface area contributed by atoms with Gasteiger partial charge in [0.2, 0.25) is 0 Å². The quantitative estimate of drug-likeness (QED) is 0.842. The van der Waals surface area contributed by atoms with E-state index in [9.17, 15) is 4.79 Å². The predicted octanol–water partition coefficient (Wildman–Crippen LogP) is 1.61. The topological polar surface area (TPSA) is 46.8 Å². The zero-order chi connectivity index (χ0) is 15.0. The molecule has 0 unspecified atom stereocenters. The lowest BCUT2D eigenvalue weighted by Crippen LogP contribution is -2.45. The normalized spacial score (nSPS) is 23.6. The predicted molar refractivity (Wildman–Crippen MR) is 81.5 cm³/mol. The van der Waals surface area contributed by atoms with E-state index >= 15 is 0 Å². The van der Waals surface area contributed by atoms with Crippen LogP contribution in [0.3, 0.4) is 0 Å². The van der Waals surface area contributed by atoms with Crippen LogP contribution in [-0.4, -0.2) is 39.6 Å². The molecule has 3 rings (SSSR count). The number of ether oxygens (including phenoxy) is 1.